The first kappa shape index (κ1) is 19.6. The highest BCUT2D eigenvalue weighted by Crippen LogP contribution is 2.41. The van der Waals surface area contributed by atoms with E-state index in [-0.39, 0.29) is 11.4 Å². The van der Waals surface area contributed by atoms with Crippen LogP contribution in [-0.4, -0.2) is 37.0 Å². The number of ether oxygens (including phenoxy) is 1. The predicted octanol–water partition coefficient (Wildman–Crippen LogP) is 2.66. The van der Waals surface area contributed by atoms with Crippen LogP contribution in [0.3, 0.4) is 0 Å². The van der Waals surface area contributed by atoms with E-state index >= 15 is 0 Å². The number of nitrogens with zero attached hydrogens (tertiary/aromatic N) is 3. The van der Waals surface area contributed by atoms with Gasteiger partial charge in [0, 0.05) is 12.1 Å². The zero-order valence-corrected chi connectivity index (χ0v) is 15.3. The molecule has 1 fully saturated rings. The number of anilines is 1. The Morgan fingerprint density at radius 2 is 2.00 bits per heavy atom. The molecule has 0 radical (unpaired) electrons. The van der Waals surface area contributed by atoms with Crippen molar-refractivity contribution < 1.29 is 28.1 Å². The Morgan fingerprint density at radius 3 is 2.72 bits per heavy atom. The summed E-state index contributed by atoms with van der Waals surface area (Å²) in [4.78, 5) is 8.08. The molecule has 1 saturated heterocycles. The van der Waals surface area contributed by atoms with Crippen molar-refractivity contribution in [1.29, 1.82) is 0 Å². The lowest BCUT2D eigenvalue weighted by Gasteiger charge is -2.23. The highest BCUT2D eigenvalue weighted by atomic mass is 19.4. The monoisotopic (exact) mass is 408 g/mol. The topological polar surface area (TPSA) is 106 Å². The fourth-order valence-corrected chi connectivity index (χ4v) is 3.70. The third kappa shape index (κ3) is 3.33. The molecule has 0 unspecified atom stereocenters. The van der Waals surface area contributed by atoms with Gasteiger partial charge in [0.1, 0.15) is 30.0 Å². The van der Waals surface area contributed by atoms with Crippen molar-refractivity contribution in [2.24, 2.45) is 5.92 Å². The fourth-order valence-electron chi connectivity index (χ4n) is 3.70. The molecular formula is C19H19F3N4O3. The Labute approximate surface area is 163 Å². The number of nitrogens with two attached hydrogens (primary N) is 1. The van der Waals surface area contributed by atoms with Gasteiger partial charge in [-0.05, 0) is 23.8 Å². The van der Waals surface area contributed by atoms with Gasteiger partial charge in [-0.15, -0.1) is 0 Å². The molecule has 29 heavy (non-hydrogen) atoms. The molecule has 1 aliphatic heterocycles. The Hall–Kier alpha value is -2.69. The first-order chi connectivity index (χ1) is 13.7. The molecule has 7 nitrogen and oxygen atoms in total. The lowest BCUT2D eigenvalue weighted by atomic mass is 9.92. The summed E-state index contributed by atoms with van der Waals surface area (Å²) in [5.41, 5.74) is 5.48. The van der Waals surface area contributed by atoms with Gasteiger partial charge in [-0.25, -0.2) is 9.97 Å². The summed E-state index contributed by atoms with van der Waals surface area (Å²) < 4.78 is 46.5. The molecule has 0 aliphatic carbocycles. The van der Waals surface area contributed by atoms with Crippen molar-refractivity contribution >= 4 is 16.9 Å². The van der Waals surface area contributed by atoms with Crippen LogP contribution in [0.2, 0.25) is 0 Å². The van der Waals surface area contributed by atoms with Gasteiger partial charge in [0.05, 0.1) is 17.1 Å². The minimum atomic E-state index is -4.52. The molecule has 5 atom stereocenters. The molecular weight excluding hydrogens is 389 g/mol. The van der Waals surface area contributed by atoms with Crippen molar-refractivity contribution in [1.82, 2.24) is 14.5 Å². The number of aliphatic hydroxyl groups is 2. The van der Waals surface area contributed by atoms with Gasteiger partial charge in [0.25, 0.3) is 0 Å². The van der Waals surface area contributed by atoms with Crippen molar-refractivity contribution in [2.75, 3.05) is 5.73 Å². The molecule has 0 spiro atoms. The van der Waals surface area contributed by atoms with E-state index < -0.39 is 42.2 Å². The smallest absolute Gasteiger partial charge is 0.388 e. The largest absolute Gasteiger partial charge is 0.416 e. The zero-order chi connectivity index (χ0) is 20.9. The van der Waals surface area contributed by atoms with Crippen LogP contribution < -0.4 is 5.73 Å². The Kier molecular flexibility index (Phi) is 4.72. The first-order valence-corrected chi connectivity index (χ1v) is 8.94. The summed E-state index contributed by atoms with van der Waals surface area (Å²) in [5, 5.41) is 22.0. The van der Waals surface area contributed by atoms with Crippen LogP contribution >= 0.6 is 0 Å². The third-order valence-electron chi connectivity index (χ3n) is 5.33. The maximum atomic E-state index is 13.0. The molecule has 10 heteroatoms. The highest BCUT2D eigenvalue weighted by molar-refractivity contribution is 5.86. The second kappa shape index (κ2) is 6.97. The van der Waals surface area contributed by atoms with E-state index in [1.54, 1.807) is 23.8 Å². The minimum Gasteiger partial charge on any atom is -0.388 e. The number of rotatable bonds is 3. The molecule has 2 aromatic heterocycles. The number of nitrogen functional groups attached to an aromatic ring is 1. The van der Waals surface area contributed by atoms with Crippen molar-refractivity contribution in [3.8, 4) is 0 Å². The van der Waals surface area contributed by atoms with E-state index in [2.05, 4.69) is 9.97 Å². The third-order valence-corrected chi connectivity index (χ3v) is 5.33. The van der Waals surface area contributed by atoms with E-state index in [0.717, 1.165) is 12.1 Å². The van der Waals surface area contributed by atoms with Gasteiger partial charge < -0.3 is 25.3 Å². The number of aromatic nitrogens is 3. The van der Waals surface area contributed by atoms with Gasteiger partial charge in [0.2, 0.25) is 0 Å². The summed E-state index contributed by atoms with van der Waals surface area (Å²) in [6.45, 7) is 1.67. The standard InChI is InChI=1S/C19H19F3N4O3/c1-9-13(27)18(26-6-5-12-16(23)24-8-25-17(12)26)29-15(9)14(28)10-3-2-4-11(7-10)19(20,21)22/h2-9,13-15,18,27-28H,1H3,(H2,23,24,25)/t9-,13-,14+,15+,18-/m1/s1. The first-order valence-electron chi connectivity index (χ1n) is 8.94. The van der Waals surface area contributed by atoms with Gasteiger partial charge in [-0.2, -0.15) is 13.2 Å². The number of hydrogen-bond donors (Lipinski definition) is 3. The SMILES string of the molecule is C[C@@H]1[C@@H](O)[C@H](n2ccc3c(N)ncnc32)O[C@@H]1[C@@H](O)c1cccc(C(F)(F)F)c1. The molecule has 1 aliphatic rings. The number of halogens is 3. The summed E-state index contributed by atoms with van der Waals surface area (Å²) in [7, 11) is 0. The van der Waals surface area contributed by atoms with E-state index in [1.165, 1.54) is 18.5 Å². The zero-order valence-electron chi connectivity index (χ0n) is 15.3. The van der Waals surface area contributed by atoms with Crippen LogP contribution in [0.25, 0.3) is 11.0 Å². The molecule has 0 saturated carbocycles. The maximum absolute atomic E-state index is 13.0. The number of fused-ring (bicyclic) bond motifs is 1. The summed E-state index contributed by atoms with van der Waals surface area (Å²) >= 11 is 0. The predicted molar refractivity (Wildman–Crippen MR) is 97.4 cm³/mol. The van der Waals surface area contributed by atoms with Crippen LogP contribution in [-0.2, 0) is 10.9 Å². The number of hydrogen-bond acceptors (Lipinski definition) is 6. The van der Waals surface area contributed by atoms with E-state index in [0.29, 0.717) is 11.0 Å². The van der Waals surface area contributed by atoms with Gasteiger partial charge in [-0.1, -0.05) is 19.1 Å². The number of benzene rings is 1. The lowest BCUT2D eigenvalue weighted by molar-refractivity contribution is -0.137. The van der Waals surface area contributed by atoms with E-state index in [4.69, 9.17) is 10.5 Å². The number of alkyl halides is 3. The Morgan fingerprint density at radius 1 is 1.24 bits per heavy atom. The van der Waals surface area contributed by atoms with Crippen LogP contribution in [0.1, 0.15) is 30.4 Å². The second-order valence-electron chi connectivity index (χ2n) is 7.13. The van der Waals surface area contributed by atoms with Crippen LogP contribution in [0.15, 0.2) is 42.9 Å². The molecule has 4 rings (SSSR count). The van der Waals surface area contributed by atoms with E-state index in [9.17, 15) is 23.4 Å². The Balaban J connectivity index is 1.64. The van der Waals surface area contributed by atoms with Gasteiger partial charge in [-0.3, -0.25) is 0 Å². The summed E-state index contributed by atoms with van der Waals surface area (Å²) in [5.74, 6) is -0.281. The second-order valence-corrected chi connectivity index (χ2v) is 7.13. The Bertz CT molecular complexity index is 1040. The highest BCUT2D eigenvalue weighted by Gasteiger charge is 2.46. The normalized spacial score (nSPS) is 26.1. The van der Waals surface area contributed by atoms with Gasteiger partial charge >= 0.3 is 6.18 Å². The van der Waals surface area contributed by atoms with Crippen molar-refractivity contribution in [2.45, 2.75) is 37.6 Å². The molecule has 0 amide bonds. The van der Waals surface area contributed by atoms with Crippen molar-refractivity contribution in [3.63, 3.8) is 0 Å². The molecule has 154 valence electrons. The average Bonchev–Trinajstić information content (AvgIpc) is 3.23. The maximum Gasteiger partial charge on any atom is 0.416 e. The number of aliphatic hydroxyl groups excluding tert-OH is 2. The molecule has 1 aromatic carbocycles. The van der Waals surface area contributed by atoms with Crippen LogP contribution in [0.4, 0.5) is 19.0 Å². The molecule has 3 aromatic rings. The molecule has 3 heterocycles. The fraction of sp³-hybridized carbons (Fsp3) is 0.368. The summed E-state index contributed by atoms with van der Waals surface area (Å²) in [6.07, 6.45) is -5.79. The van der Waals surface area contributed by atoms with Gasteiger partial charge in [0.15, 0.2) is 6.23 Å². The quantitative estimate of drug-likeness (QED) is 0.615. The average molecular weight is 408 g/mol. The van der Waals surface area contributed by atoms with Crippen LogP contribution in [0.5, 0.6) is 0 Å². The minimum absolute atomic E-state index is 0.0634. The molecule has 4 N–H and O–H groups in total. The van der Waals surface area contributed by atoms with Crippen LogP contribution in [0, 0.1) is 5.92 Å². The van der Waals surface area contributed by atoms with E-state index in [1.807, 2.05) is 0 Å². The van der Waals surface area contributed by atoms with Crippen molar-refractivity contribution in [3.05, 3.63) is 54.0 Å². The molecule has 0 bridgehead atoms. The lowest BCUT2D eigenvalue weighted by Crippen LogP contribution is -2.27. The summed E-state index contributed by atoms with van der Waals surface area (Å²) in [6, 6.07) is 6.13.